The summed E-state index contributed by atoms with van der Waals surface area (Å²) < 4.78 is 0. The van der Waals surface area contributed by atoms with Crippen LogP contribution in [0.2, 0.25) is 0 Å². The van der Waals surface area contributed by atoms with Crippen molar-refractivity contribution in [3.63, 3.8) is 0 Å². The quantitative estimate of drug-likeness (QED) is 0.193. The van der Waals surface area contributed by atoms with Crippen LogP contribution in [0.4, 0.5) is 0 Å². The summed E-state index contributed by atoms with van der Waals surface area (Å²) in [6.45, 7) is 0. The molecule has 0 aliphatic heterocycles. The van der Waals surface area contributed by atoms with E-state index in [9.17, 15) is 0 Å². The Morgan fingerprint density at radius 3 is 1.76 bits per heavy atom. The highest BCUT2D eigenvalue weighted by Crippen LogP contribution is 2.40. The molecule has 0 atom stereocenters. The molecule has 9 aromatic rings. The van der Waals surface area contributed by atoms with E-state index in [1.165, 1.54) is 21.5 Å². The number of aromatic nitrogens is 4. The van der Waals surface area contributed by atoms with Crippen molar-refractivity contribution >= 4 is 43.4 Å². The number of nitrogens with zero attached hydrogens (tertiary/aromatic N) is 4. The standard InChI is InChI=1S/C42H26N4/c1-2-11-32-29(9-1)23-37(34-13-4-3-12-33(32)34)40-26-31(36-24-30-10-7-21-44-41(30)42-35(36)14-8-22-45-42)25-39(46-40)28-18-16-27(17-19-28)38-15-5-6-20-43-38/h1-26H. The molecule has 214 valence electrons. The molecule has 46 heavy (non-hydrogen) atoms. The minimum Gasteiger partial charge on any atom is -0.256 e. The first-order valence-corrected chi connectivity index (χ1v) is 15.4. The van der Waals surface area contributed by atoms with E-state index >= 15 is 0 Å². The Kier molecular flexibility index (Phi) is 6.10. The molecule has 0 radical (unpaired) electrons. The molecular formula is C42H26N4. The fourth-order valence-electron chi connectivity index (χ4n) is 6.60. The second kappa shape index (κ2) is 10.7. The van der Waals surface area contributed by atoms with E-state index < -0.39 is 0 Å². The van der Waals surface area contributed by atoms with Crippen LogP contribution in [0, 0.1) is 0 Å². The van der Waals surface area contributed by atoms with Gasteiger partial charge in [-0.25, -0.2) is 4.98 Å². The molecule has 0 saturated carbocycles. The average molecular weight is 587 g/mol. The number of hydrogen-bond acceptors (Lipinski definition) is 4. The highest BCUT2D eigenvalue weighted by atomic mass is 14.7. The minimum absolute atomic E-state index is 0.895. The summed E-state index contributed by atoms with van der Waals surface area (Å²) in [6.07, 6.45) is 5.50. The summed E-state index contributed by atoms with van der Waals surface area (Å²) in [7, 11) is 0. The Labute approximate surface area is 265 Å². The number of fused-ring (bicyclic) bond motifs is 6. The second-order valence-electron chi connectivity index (χ2n) is 11.5. The van der Waals surface area contributed by atoms with Crippen molar-refractivity contribution < 1.29 is 0 Å². The molecule has 0 saturated heterocycles. The molecule has 4 heterocycles. The number of pyridine rings is 4. The van der Waals surface area contributed by atoms with Crippen molar-refractivity contribution in [2.45, 2.75) is 0 Å². The van der Waals surface area contributed by atoms with E-state index in [1.54, 1.807) is 0 Å². The smallest absolute Gasteiger partial charge is 0.0970 e. The van der Waals surface area contributed by atoms with Crippen molar-refractivity contribution in [2.75, 3.05) is 0 Å². The van der Waals surface area contributed by atoms with Crippen LogP contribution in [0.5, 0.6) is 0 Å². The Hall–Kier alpha value is -6.26. The van der Waals surface area contributed by atoms with Crippen LogP contribution in [0.25, 0.3) is 88.2 Å². The molecule has 0 amide bonds. The fraction of sp³-hybridized carbons (Fsp3) is 0. The highest BCUT2D eigenvalue weighted by Gasteiger charge is 2.16. The summed E-state index contributed by atoms with van der Waals surface area (Å²) in [5, 5.41) is 6.94. The predicted octanol–water partition coefficient (Wildman–Crippen LogP) is 10.5. The zero-order valence-corrected chi connectivity index (χ0v) is 24.8. The van der Waals surface area contributed by atoms with Gasteiger partial charge in [0.05, 0.1) is 28.1 Å². The maximum atomic E-state index is 5.36. The van der Waals surface area contributed by atoms with Crippen molar-refractivity contribution in [1.82, 2.24) is 19.9 Å². The topological polar surface area (TPSA) is 51.6 Å². The van der Waals surface area contributed by atoms with Crippen LogP contribution < -0.4 is 0 Å². The molecular weight excluding hydrogens is 560 g/mol. The molecule has 0 aliphatic carbocycles. The van der Waals surface area contributed by atoms with E-state index in [1.807, 2.05) is 48.9 Å². The molecule has 9 rings (SSSR count). The van der Waals surface area contributed by atoms with E-state index in [4.69, 9.17) is 15.0 Å². The molecule has 4 nitrogen and oxygen atoms in total. The van der Waals surface area contributed by atoms with Crippen LogP contribution in [0.1, 0.15) is 0 Å². The Morgan fingerprint density at radius 2 is 0.935 bits per heavy atom. The van der Waals surface area contributed by atoms with E-state index in [2.05, 4.69) is 114 Å². The van der Waals surface area contributed by atoms with Gasteiger partial charge in [-0.05, 0) is 81.2 Å². The Bertz CT molecular complexity index is 2440. The third-order valence-electron chi connectivity index (χ3n) is 8.78. The van der Waals surface area contributed by atoms with Gasteiger partial charge in [-0.1, -0.05) is 91.0 Å². The lowest BCUT2D eigenvalue weighted by Crippen LogP contribution is -1.94. The first-order valence-electron chi connectivity index (χ1n) is 15.4. The molecule has 0 N–H and O–H groups in total. The summed E-state index contributed by atoms with van der Waals surface area (Å²) in [6, 6.07) is 48.9. The third-order valence-corrected chi connectivity index (χ3v) is 8.78. The van der Waals surface area contributed by atoms with Gasteiger partial charge in [0.2, 0.25) is 0 Å². The molecule has 4 heteroatoms. The summed E-state index contributed by atoms with van der Waals surface area (Å²) >= 11 is 0. The largest absolute Gasteiger partial charge is 0.256 e. The van der Waals surface area contributed by atoms with Crippen LogP contribution in [-0.4, -0.2) is 19.9 Å². The van der Waals surface area contributed by atoms with E-state index in [0.717, 1.165) is 66.7 Å². The molecule has 5 aromatic carbocycles. The Balaban J connectivity index is 1.32. The third kappa shape index (κ3) is 4.39. The van der Waals surface area contributed by atoms with Gasteiger partial charge < -0.3 is 0 Å². The van der Waals surface area contributed by atoms with Crippen LogP contribution in [0.3, 0.4) is 0 Å². The van der Waals surface area contributed by atoms with Gasteiger partial charge in [-0.3, -0.25) is 15.0 Å². The number of rotatable bonds is 4. The first kappa shape index (κ1) is 26.2. The van der Waals surface area contributed by atoms with Crippen molar-refractivity contribution in [1.29, 1.82) is 0 Å². The summed E-state index contributed by atoms with van der Waals surface area (Å²) in [5.41, 5.74) is 9.97. The zero-order valence-electron chi connectivity index (χ0n) is 24.8. The monoisotopic (exact) mass is 586 g/mol. The van der Waals surface area contributed by atoms with Crippen molar-refractivity contribution in [2.24, 2.45) is 0 Å². The van der Waals surface area contributed by atoms with Crippen molar-refractivity contribution in [3.8, 4) is 44.9 Å². The van der Waals surface area contributed by atoms with Gasteiger partial charge in [0.15, 0.2) is 0 Å². The van der Waals surface area contributed by atoms with E-state index in [0.29, 0.717) is 0 Å². The maximum Gasteiger partial charge on any atom is 0.0970 e. The van der Waals surface area contributed by atoms with Gasteiger partial charge in [0, 0.05) is 46.1 Å². The normalized spacial score (nSPS) is 11.5. The second-order valence-corrected chi connectivity index (χ2v) is 11.5. The van der Waals surface area contributed by atoms with Gasteiger partial charge in [-0.2, -0.15) is 0 Å². The summed E-state index contributed by atoms with van der Waals surface area (Å²) in [4.78, 5) is 19.4. The molecule has 0 unspecified atom stereocenters. The summed E-state index contributed by atoms with van der Waals surface area (Å²) in [5.74, 6) is 0. The van der Waals surface area contributed by atoms with Crippen molar-refractivity contribution in [3.05, 3.63) is 158 Å². The van der Waals surface area contributed by atoms with Crippen LogP contribution in [-0.2, 0) is 0 Å². The van der Waals surface area contributed by atoms with Gasteiger partial charge in [-0.15, -0.1) is 0 Å². The van der Waals surface area contributed by atoms with Gasteiger partial charge in [0.25, 0.3) is 0 Å². The minimum atomic E-state index is 0.895. The predicted molar refractivity (Wildman–Crippen MR) is 189 cm³/mol. The lowest BCUT2D eigenvalue weighted by molar-refractivity contribution is 1.31. The molecule has 0 bridgehead atoms. The number of hydrogen-bond donors (Lipinski definition) is 0. The maximum absolute atomic E-state index is 5.36. The molecule has 0 spiro atoms. The van der Waals surface area contributed by atoms with Crippen LogP contribution in [0.15, 0.2) is 158 Å². The SMILES string of the molecule is c1ccc(-c2ccc(-c3cc(-c4cc5cccnc5c5ncccc45)cc(-c4cc5ccccc5c5ccccc45)n3)cc2)nc1. The fourth-order valence-corrected chi connectivity index (χ4v) is 6.60. The average Bonchev–Trinajstić information content (AvgIpc) is 3.14. The zero-order chi connectivity index (χ0) is 30.5. The number of benzene rings is 5. The molecule has 0 fully saturated rings. The van der Waals surface area contributed by atoms with E-state index in [-0.39, 0.29) is 0 Å². The first-order chi connectivity index (χ1) is 22.8. The Morgan fingerprint density at radius 1 is 0.326 bits per heavy atom. The molecule has 4 aromatic heterocycles. The van der Waals surface area contributed by atoms with Gasteiger partial charge >= 0.3 is 0 Å². The highest BCUT2D eigenvalue weighted by molar-refractivity contribution is 6.14. The lowest BCUT2D eigenvalue weighted by atomic mass is 9.92. The van der Waals surface area contributed by atoms with Gasteiger partial charge in [0.1, 0.15) is 0 Å². The van der Waals surface area contributed by atoms with Crippen LogP contribution >= 0.6 is 0 Å². The molecule has 0 aliphatic rings. The lowest BCUT2D eigenvalue weighted by Gasteiger charge is -2.15.